The lowest BCUT2D eigenvalue weighted by Gasteiger charge is -2.19. The first kappa shape index (κ1) is 23.0. The van der Waals surface area contributed by atoms with Gasteiger partial charge < -0.3 is 19.7 Å². The van der Waals surface area contributed by atoms with E-state index in [1.807, 2.05) is 12.5 Å². The van der Waals surface area contributed by atoms with E-state index in [1.54, 1.807) is 20.8 Å². The van der Waals surface area contributed by atoms with Crippen LogP contribution in [0, 0.1) is 5.92 Å². The standard InChI is InChI=1S/C20H35N3O4/c1-6-9-17(7-2)23-13-16(22-14-23)12-15(18(24)25)10-8-11-21-19(26)27-20(3,4)5/h13-15,17H,6-12H2,1-5H3,(H,21,26)(H,24,25). The quantitative estimate of drug-likeness (QED) is 0.561. The highest BCUT2D eigenvalue weighted by Crippen LogP contribution is 2.20. The molecule has 1 rings (SSSR count). The number of carbonyl (C=O) groups is 2. The number of aliphatic carboxylic acids is 1. The molecule has 154 valence electrons. The summed E-state index contributed by atoms with van der Waals surface area (Å²) in [5, 5.41) is 12.2. The zero-order valence-electron chi connectivity index (χ0n) is 17.3. The number of hydrogen-bond donors (Lipinski definition) is 2. The number of alkyl carbamates (subject to hydrolysis) is 1. The van der Waals surface area contributed by atoms with Crippen molar-refractivity contribution in [3.05, 3.63) is 18.2 Å². The minimum Gasteiger partial charge on any atom is -0.481 e. The maximum Gasteiger partial charge on any atom is 0.407 e. The van der Waals surface area contributed by atoms with Gasteiger partial charge in [-0.2, -0.15) is 0 Å². The number of carbonyl (C=O) groups excluding carboxylic acids is 1. The molecule has 7 heteroatoms. The van der Waals surface area contributed by atoms with E-state index in [0.717, 1.165) is 25.0 Å². The van der Waals surface area contributed by atoms with Gasteiger partial charge in [0.2, 0.25) is 0 Å². The monoisotopic (exact) mass is 381 g/mol. The molecule has 0 bridgehead atoms. The van der Waals surface area contributed by atoms with Crippen LogP contribution in [0.4, 0.5) is 4.79 Å². The van der Waals surface area contributed by atoms with Gasteiger partial charge in [0.25, 0.3) is 0 Å². The summed E-state index contributed by atoms with van der Waals surface area (Å²) < 4.78 is 7.26. The summed E-state index contributed by atoms with van der Waals surface area (Å²) in [5.41, 5.74) is 0.262. The summed E-state index contributed by atoms with van der Waals surface area (Å²) in [4.78, 5) is 27.6. The van der Waals surface area contributed by atoms with Gasteiger partial charge in [0.15, 0.2) is 0 Å². The first-order valence-electron chi connectivity index (χ1n) is 9.88. The topological polar surface area (TPSA) is 93.5 Å². The lowest BCUT2D eigenvalue weighted by molar-refractivity contribution is -0.142. The summed E-state index contributed by atoms with van der Waals surface area (Å²) in [6.07, 6.45) is 7.98. The maximum atomic E-state index is 11.6. The lowest BCUT2D eigenvalue weighted by Crippen LogP contribution is -2.33. The van der Waals surface area contributed by atoms with Crippen molar-refractivity contribution < 1.29 is 19.4 Å². The Kier molecular flexibility index (Phi) is 9.32. The van der Waals surface area contributed by atoms with Gasteiger partial charge in [-0.1, -0.05) is 20.3 Å². The highest BCUT2D eigenvalue weighted by atomic mass is 16.6. The third kappa shape index (κ3) is 8.93. The smallest absolute Gasteiger partial charge is 0.407 e. The van der Waals surface area contributed by atoms with Gasteiger partial charge in [-0.25, -0.2) is 9.78 Å². The average Bonchev–Trinajstić information content (AvgIpc) is 3.01. The lowest BCUT2D eigenvalue weighted by atomic mass is 9.98. The summed E-state index contributed by atoms with van der Waals surface area (Å²) in [6.45, 7) is 10.1. The molecule has 0 aliphatic rings. The minimum absolute atomic E-state index is 0.390. The van der Waals surface area contributed by atoms with Crippen LogP contribution in [0.25, 0.3) is 0 Å². The Morgan fingerprint density at radius 3 is 2.56 bits per heavy atom. The van der Waals surface area contributed by atoms with E-state index >= 15 is 0 Å². The fraction of sp³-hybridized carbons (Fsp3) is 0.750. The minimum atomic E-state index is -0.831. The SMILES string of the molecule is CCCC(CC)n1cnc(CC(CCCNC(=O)OC(C)(C)C)C(=O)O)c1. The number of carboxylic acid groups (broad SMARTS) is 1. The Hall–Kier alpha value is -2.05. The number of carboxylic acids is 1. The van der Waals surface area contributed by atoms with Crippen LogP contribution in [0.5, 0.6) is 0 Å². The van der Waals surface area contributed by atoms with Gasteiger partial charge >= 0.3 is 12.1 Å². The van der Waals surface area contributed by atoms with Crippen LogP contribution in [0.2, 0.25) is 0 Å². The van der Waals surface area contributed by atoms with Crippen molar-refractivity contribution in [2.45, 2.75) is 84.8 Å². The molecule has 2 atom stereocenters. The van der Waals surface area contributed by atoms with Crippen LogP contribution in [-0.2, 0) is 16.0 Å². The third-order valence-corrected chi connectivity index (χ3v) is 4.37. The third-order valence-electron chi connectivity index (χ3n) is 4.37. The fourth-order valence-corrected chi connectivity index (χ4v) is 3.00. The zero-order valence-corrected chi connectivity index (χ0v) is 17.3. The second kappa shape index (κ2) is 10.9. The highest BCUT2D eigenvalue weighted by Gasteiger charge is 2.20. The first-order valence-corrected chi connectivity index (χ1v) is 9.88. The Balaban J connectivity index is 2.49. The molecule has 0 aromatic carbocycles. The average molecular weight is 382 g/mol. The van der Waals surface area contributed by atoms with Crippen molar-refractivity contribution in [1.82, 2.24) is 14.9 Å². The molecule has 0 radical (unpaired) electrons. The predicted molar refractivity (Wildman–Crippen MR) is 105 cm³/mol. The molecule has 7 nitrogen and oxygen atoms in total. The van der Waals surface area contributed by atoms with Crippen LogP contribution in [0.15, 0.2) is 12.5 Å². The van der Waals surface area contributed by atoms with Crippen LogP contribution in [0.3, 0.4) is 0 Å². The normalized spacial score (nSPS) is 13.8. The molecular formula is C20H35N3O4. The van der Waals surface area contributed by atoms with Crippen LogP contribution in [-0.4, -0.2) is 38.9 Å². The summed E-state index contributed by atoms with van der Waals surface area (Å²) in [7, 11) is 0. The zero-order chi connectivity index (χ0) is 20.4. The molecule has 1 aromatic heterocycles. The van der Waals surface area contributed by atoms with E-state index in [1.165, 1.54) is 0 Å². The van der Waals surface area contributed by atoms with Crippen molar-refractivity contribution >= 4 is 12.1 Å². The van der Waals surface area contributed by atoms with E-state index in [4.69, 9.17) is 4.74 Å². The molecule has 1 amide bonds. The highest BCUT2D eigenvalue weighted by molar-refractivity contribution is 5.70. The van der Waals surface area contributed by atoms with E-state index in [0.29, 0.717) is 31.8 Å². The number of rotatable bonds is 11. The number of hydrogen-bond acceptors (Lipinski definition) is 4. The van der Waals surface area contributed by atoms with Crippen molar-refractivity contribution in [2.75, 3.05) is 6.54 Å². The molecular weight excluding hydrogens is 346 g/mol. The maximum absolute atomic E-state index is 11.6. The second-order valence-electron chi connectivity index (χ2n) is 7.97. The number of ether oxygens (including phenoxy) is 1. The van der Waals surface area contributed by atoms with Crippen LogP contribution in [0.1, 0.15) is 78.5 Å². The van der Waals surface area contributed by atoms with E-state index in [9.17, 15) is 14.7 Å². The molecule has 2 unspecified atom stereocenters. The summed E-state index contributed by atoms with van der Waals surface area (Å²) in [6, 6.07) is 0.414. The number of aromatic nitrogens is 2. The largest absolute Gasteiger partial charge is 0.481 e. The number of imidazole rings is 1. The number of nitrogens with zero attached hydrogens (tertiary/aromatic N) is 2. The Bertz CT molecular complexity index is 592. The molecule has 1 aromatic rings. The van der Waals surface area contributed by atoms with Crippen LogP contribution < -0.4 is 5.32 Å². The Labute approximate surface area is 162 Å². The molecule has 0 saturated carbocycles. The van der Waals surface area contributed by atoms with Gasteiger partial charge in [0.1, 0.15) is 5.60 Å². The molecule has 2 N–H and O–H groups in total. The van der Waals surface area contributed by atoms with E-state index < -0.39 is 23.6 Å². The number of amides is 1. The second-order valence-corrected chi connectivity index (χ2v) is 7.97. The number of nitrogens with one attached hydrogen (secondary N) is 1. The van der Waals surface area contributed by atoms with Crippen molar-refractivity contribution in [1.29, 1.82) is 0 Å². The molecule has 1 heterocycles. The van der Waals surface area contributed by atoms with Crippen molar-refractivity contribution in [3.8, 4) is 0 Å². The molecule has 0 aliphatic heterocycles. The van der Waals surface area contributed by atoms with Crippen molar-refractivity contribution in [2.24, 2.45) is 5.92 Å². The molecule has 27 heavy (non-hydrogen) atoms. The van der Waals surface area contributed by atoms with E-state index in [-0.39, 0.29) is 0 Å². The molecule has 0 saturated heterocycles. The molecule has 0 fully saturated rings. The molecule has 0 spiro atoms. The fourth-order valence-electron chi connectivity index (χ4n) is 3.00. The summed E-state index contributed by atoms with van der Waals surface area (Å²) in [5.74, 6) is -1.34. The summed E-state index contributed by atoms with van der Waals surface area (Å²) >= 11 is 0. The van der Waals surface area contributed by atoms with E-state index in [2.05, 4.69) is 28.7 Å². The van der Waals surface area contributed by atoms with Gasteiger partial charge in [0.05, 0.1) is 17.9 Å². The first-order chi connectivity index (χ1) is 12.7. The Morgan fingerprint density at radius 2 is 2.00 bits per heavy atom. The van der Waals surface area contributed by atoms with Crippen molar-refractivity contribution in [3.63, 3.8) is 0 Å². The van der Waals surface area contributed by atoms with Gasteiger partial charge in [-0.15, -0.1) is 0 Å². The van der Waals surface area contributed by atoms with Gasteiger partial charge in [-0.3, -0.25) is 4.79 Å². The van der Waals surface area contributed by atoms with Gasteiger partial charge in [0, 0.05) is 25.2 Å². The molecule has 0 aliphatic carbocycles. The van der Waals surface area contributed by atoms with Gasteiger partial charge in [-0.05, 0) is 46.5 Å². The Morgan fingerprint density at radius 1 is 1.30 bits per heavy atom. The predicted octanol–water partition coefficient (Wildman–Crippen LogP) is 4.18. The van der Waals surface area contributed by atoms with Crippen LogP contribution >= 0.6 is 0 Å².